The van der Waals surface area contributed by atoms with Crippen molar-refractivity contribution in [2.75, 3.05) is 32.6 Å². The molecule has 7 nitrogen and oxygen atoms in total. The van der Waals surface area contributed by atoms with Crippen LogP contribution in [0.1, 0.15) is 44.7 Å². The molecule has 0 aromatic heterocycles. The monoisotopic (exact) mass is 424 g/mol. The number of rotatable bonds is 5. The number of methoxy groups -OCH3 is 2. The number of likely N-dealkylation sites (tertiary alicyclic amines) is 1. The summed E-state index contributed by atoms with van der Waals surface area (Å²) in [5.41, 5.74) is 3.13. The fraction of sp³-hybridized carbons (Fsp3) is 0.375. The van der Waals surface area contributed by atoms with E-state index in [1.165, 1.54) is 7.11 Å². The SMILES string of the molecule is COC(=O)c1ccccc1NC(=O)N1CCC[C@H](C(=O)c2cc(C)c(OC)c(C)c2)C1. The standard InChI is InChI=1S/C24H28N2O5/c1-15-12-18(13-16(2)22(15)30-3)21(27)17-8-7-11-26(14-17)24(29)25-20-10-6-5-9-19(20)23(28)31-4/h5-6,9-10,12-13,17H,7-8,11,14H2,1-4H3,(H,25,29)/t17-/m0/s1. The van der Waals surface area contributed by atoms with Gasteiger partial charge < -0.3 is 19.7 Å². The van der Waals surface area contributed by atoms with Crippen molar-refractivity contribution in [1.82, 2.24) is 4.90 Å². The number of Topliss-reactive ketones (excluding diaryl/α,β-unsaturated/α-hetero) is 1. The second-order valence-electron chi connectivity index (χ2n) is 7.76. The molecule has 0 radical (unpaired) electrons. The Morgan fingerprint density at radius 2 is 1.74 bits per heavy atom. The average Bonchev–Trinajstić information content (AvgIpc) is 2.78. The summed E-state index contributed by atoms with van der Waals surface area (Å²) in [5, 5.41) is 2.79. The van der Waals surface area contributed by atoms with Crippen LogP contribution in [-0.4, -0.2) is 50.0 Å². The van der Waals surface area contributed by atoms with Crippen LogP contribution in [0, 0.1) is 19.8 Å². The van der Waals surface area contributed by atoms with Gasteiger partial charge in [0, 0.05) is 24.6 Å². The Kier molecular flexibility index (Phi) is 6.95. The molecule has 2 aromatic carbocycles. The first kappa shape index (κ1) is 22.3. The van der Waals surface area contributed by atoms with Crippen molar-refractivity contribution in [3.8, 4) is 5.75 Å². The number of carbonyl (C=O) groups is 3. The van der Waals surface area contributed by atoms with Crippen LogP contribution in [0.5, 0.6) is 5.75 Å². The van der Waals surface area contributed by atoms with Gasteiger partial charge in [-0.2, -0.15) is 0 Å². The molecule has 1 fully saturated rings. The molecule has 0 spiro atoms. The van der Waals surface area contributed by atoms with E-state index >= 15 is 0 Å². The number of ketones is 1. The third-order valence-corrected chi connectivity index (χ3v) is 5.60. The molecule has 2 aromatic rings. The lowest BCUT2D eigenvalue weighted by Crippen LogP contribution is -2.44. The summed E-state index contributed by atoms with van der Waals surface area (Å²) in [6, 6.07) is 10.0. The number of para-hydroxylation sites is 1. The number of ether oxygens (including phenoxy) is 2. The van der Waals surface area contributed by atoms with Gasteiger partial charge in [-0.25, -0.2) is 9.59 Å². The molecule has 1 saturated heterocycles. The summed E-state index contributed by atoms with van der Waals surface area (Å²) < 4.78 is 10.2. The molecule has 1 heterocycles. The van der Waals surface area contributed by atoms with Crippen LogP contribution in [0.3, 0.4) is 0 Å². The summed E-state index contributed by atoms with van der Waals surface area (Å²) in [6.45, 7) is 4.72. The molecule has 0 unspecified atom stereocenters. The molecule has 0 aliphatic carbocycles. The number of nitrogens with zero attached hydrogens (tertiary/aromatic N) is 1. The zero-order chi connectivity index (χ0) is 22.5. The van der Waals surface area contributed by atoms with E-state index in [0.717, 1.165) is 29.7 Å². The highest BCUT2D eigenvalue weighted by molar-refractivity contribution is 6.01. The minimum absolute atomic E-state index is 0.0290. The summed E-state index contributed by atoms with van der Waals surface area (Å²) in [6.07, 6.45) is 1.46. The Labute approximate surface area is 182 Å². The van der Waals surface area contributed by atoms with Crippen LogP contribution in [-0.2, 0) is 4.74 Å². The molecule has 1 atom stereocenters. The van der Waals surface area contributed by atoms with E-state index in [2.05, 4.69) is 5.32 Å². The number of hydrogen-bond donors (Lipinski definition) is 1. The first-order valence-electron chi connectivity index (χ1n) is 10.3. The predicted octanol–water partition coefficient (Wildman–Crippen LogP) is 4.23. The van der Waals surface area contributed by atoms with Gasteiger partial charge in [0.25, 0.3) is 0 Å². The predicted molar refractivity (Wildman–Crippen MR) is 118 cm³/mol. The van der Waals surface area contributed by atoms with Gasteiger partial charge in [-0.05, 0) is 62.1 Å². The first-order chi connectivity index (χ1) is 14.8. The van der Waals surface area contributed by atoms with Crippen molar-refractivity contribution in [3.05, 3.63) is 58.7 Å². The number of hydrogen-bond acceptors (Lipinski definition) is 5. The van der Waals surface area contributed by atoms with Gasteiger partial charge in [-0.1, -0.05) is 12.1 Å². The molecule has 1 aliphatic rings. The average molecular weight is 424 g/mol. The fourth-order valence-electron chi connectivity index (χ4n) is 4.10. The maximum absolute atomic E-state index is 13.2. The lowest BCUT2D eigenvalue weighted by molar-refractivity contribution is 0.0601. The minimum Gasteiger partial charge on any atom is -0.496 e. The third kappa shape index (κ3) is 4.87. The van der Waals surface area contributed by atoms with E-state index in [4.69, 9.17) is 9.47 Å². The number of esters is 1. The number of carbonyl (C=O) groups excluding carboxylic acids is 3. The zero-order valence-corrected chi connectivity index (χ0v) is 18.4. The molecular weight excluding hydrogens is 396 g/mol. The molecule has 0 bridgehead atoms. The van der Waals surface area contributed by atoms with Gasteiger partial charge in [0.05, 0.1) is 25.5 Å². The second-order valence-corrected chi connectivity index (χ2v) is 7.76. The van der Waals surface area contributed by atoms with E-state index in [1.807, 2.05) is 26.0 Å². The highest BCUT2D eigenvalue weighted by Gasteiger charge is 2.30. The van der Waals surface area contributed by atoms with Crippen molar-refractivity contribution in [2.24, 2.45) is 5.92 Å². The number of urea groups is 1. The van der Waals surface area contributed by atoms with E-state index in [9.17, 15) is 14.4 Å². The van der Waals surface area contributed by atoms with E-state index in [0.29, 0.717) is 24.3 Å². The molecule has 0 saturated carbocycles. The smallest absolute Gasteiger partial charge is 0.339 e. The van der Waals surface area contributed by atoms with Crippen LogP contribution >= 0.6 is 0 Å². The van der Waals surface area contributed by atoms with Gasteiger partial charge in [-0.3, -0.25) is 4.79 Å². The normalized spacial score (nSPS) is 15.9. The Morgan fingerprint density at radius 1 is 1.06 bits per heavy atom. The first-order valence-corrected chi connectivity index (χ1v) is 10.3. The van der Waals surface area contributed by atoms with E-state index in [1.54, 1.807) is 36.3 Å². The van der Waals surface area contributed by atoms with E-state index in [-0.39, 0.29) is 23.3 Å². The van der Waals surface area contributed by atoms with Gasteiger partial charge in [0.2, 0.25) is 0 Å². The maximum atomic E-state index is 13.2. The van der Waals surface area contributed by atoms with Crippen LogP contribution < -0.4 is 10.1 Å². The highest BCUT2D eigenvalue weighted by Crippen LogP contribution is 2.28. The van der Waals surface area contributed by atoms with Crippen LogP contribution in [0.2, 0.25) is 0 Å². The number of piperidine rings is 1. The van der Waals surface area contributed by atoms with Gasteiger partial charge >= 0.3 is 12.0 Å². The van der Waals surface area contributed by atoms with Crippen molar-refractivity contribution in [1.29, 1.82) is 0 Å². The molecule has 7 heteroatoms. The molecule has 31 heavy (non-hydrogen) atoms. The molecule has 2 amide bonds. The summed E-state index contributed by atoms with van der Waals surface area (Å²) in [5.74, 6) is 0.0159. The number of aryl methyl sites for hydroxylation is 2. The maximum Gasteiger partial charge on any atom is 0.339 e. The molecule has 3 rings (SSSR count). The van der Waals surface area contributed by atoms with Crippen LogP contribution in [0.25, 0.3) is 0 Å². The van der Waals surface area contributed by atoms with E-state index < -0.39 is 5.97 Å². The van der Waals surface area contributed by atoms with Crippen LogP contribution in [0.15, 0.2) is 36.4 Å². The summed E-state index contributed by atoms with van der Waals surface area (Å²) >= 11 is 0. The Balaban J connectivity index is 1.73. The highest BCUT2D eigenvalue weighted by atomic mass is 16.5. The largest absolute Gasteiger partial charge is 0.496 e. The zero-order valence-electron chi connectivity index (χ0n) is 18.4. The molecule has 1 aliphatic heterocycles. The summed E-state index contributed by atoms with van der Waals surface area (Å²) in [4.78, 5) is 39.6. The Bertz CT molecular complexity index is 978. The Hall–Kier alpha value is -3.35. The van der Waals surface area contributed by atoms with Crippen molar-refractivity contribution in [2.45, 2.75) is 26.7 Å². The molecule has 164 valence electrons. The van der Waals surface area contributed by atoms with Gasteiger partial charge in [-0.15, -0.1) is 0 Å². The van der Waals surface area contributed by atoms with Gasteiger partial charge in [0.15, 0.2) is 5.78 Å². The third-order valence-electron chi connectivity index (χ3n) is 5.60. The summed E-state index contributed by atoms with van der Waals surface area (Å²) in [7, 11) is 2.91. The minimum atomic E-state index is -0.521. The Morgan fingerprint density at radius 3 is 2.39 bits per heavy atom. The molecular formula is C24H28N2O5. The second kappa shape index (κ2) is 9.64. The lowest BCUT2D eigenvalue weighted by Gasteiger charge is -2.32. The van der Waals surface area contributed by atoms with Crippen molar-refractivity contribution >= 4 is 23.5 Å². The number of benzene rings is 2. The molecule has 1 N–H and O–H groups in total. The lowest BCUT2D eigenvalue weighted by atomic mass is 9.89. The number of amides is 2. The van der Waals surface area contributed by atoms with Gasteiger partial charge in [0.1, 0.15) is 5.75 Å². The quantitative estimate of drug-likeness (QED) is 0.574. The van der Waals surface area contributed by atoms with Crippen molar-refractivity contribution in [3.63, 3.8) is 0 Å². The fourth-order valence-corrected chi connectivity index (χ4v) is 4.10. The number of nitrogens with one attached hydrogen (secondary N) is 1. The topological polar surface area (TPSA) is 84.9 Å². The van der Waals surface area contributed by atoms with Crippen molar-refractivity contribution < 1.29 is 23.9 Å². The van der Waals surface area contributed by atoms with Crippen LogP contribution in [0.4, 0.5) is 10.5 Å². The number of anilines is 1.